The van der Waals surface area contributed by atoms with Crippen LogP contribution in [0.25, 0.3) is 0 Å². The number of nitrogens with two attached hydrogens (primary N) is 1. The minimum absolute atomic E-state index is 0.426. The largest absolute Gasteiger partial charge is 0.383 e. The van der Waals surface area contributed by atoms with Gasteiger partial charge < -0.3 is 21.1 Å². The number of rotatable bonds is 8. The minimum atomic E-state index is -2.31. The second kappa shape index (κ2) is 10.2. The van der Waals surface area contributed by atoms with E-state index in [0.717, 1.165) is 11.7 Å². The first-order chi connectivity index (χ1) is 10.5. The Hall–Kier alpha value is -0.590. The molecule has 0 saturated heterocycles. The van der Waals surface area contributed by atoms with Crippen molar-refractivity contribution in [2.45, 2.75) is 50.9 Å². The molecule has 0 bridgehead atoms. The van der Waals surface area contributed by atoms with Gasteiger partial charge in [-0.3, -0.25) is 0 Å². The maximum Gasteiger partial charge on any atom is 0.206 e. The molecule has 1 rings (SSSR count). The first-order valence-corrected chi connectivity index (χ1v) is 9.00. The van der Waals surface area contributed by atoms with Crippen molar-refractivity contribution in [2.24, 2.45) is 11.7 Å². The molecule has 0 aromatic rings. The molecule has 1 aliphatic carbocycles. The molecule has 1 fully saturated rings. The Morgan fingerprint density at radius 2 is 2.00 bits per heavy atom. The summed E-state index contributed by atoms with van der Waals surface area (Å²) in [5, 5.41) is 31.4. The van der Waals surface area contributed by atoms with E-state index in [1.807, 2.05) is 18.4 Å². The number of hydrogen-bond acceptors (Lipinski definition) is 5. The molecule has 0 amide bonds. The fraction of sp³-hybridized carbons (Fsp3) is 0.647. The van der Waals surface area contributed by atoms with E-state index < -0.39 is 18.4 Å². The van der Waals surface area contributed by atoms with Gasteiger partial charge in [-0.05, 0) is 42.7 Å². The predicted molar refractivity (Wildman–Crippen MR) is 93.3 cm³/mol. The second-order valence-corrected chi connectivity index (χ2v) is 6.76. The number of aliphatic hydroxyl groups excluding tert-OH is 1. The van der Waals surface area contributed by atoms with E-state index in [1.54, 1.807) is 30.0 Å². The smallest absolute Gasteiger partial charge is 0.206 e. The predicted octanol–water partition coefficient (Wildman–Crippen LogP) is 2.32. The molecule has 4 nitrogen and oxygen atoms in total. The lowest BCUT2D eigenvalue weighted by Gasteiger charge is -2.26. The fourth-order valence-electron chi connectivity index (χ4n) is 2.50. The lowest BCUT2D eigenvalue weighted by atomic mass is 9.91. The SMILES string of the molecule is C\C=C/C=C(\C=C\SCC1CCCCC1)C(O)C(O)(O)CN. The van der Waals surface area contributed by atoms with Gasteiger partial charge in [0.25, 0.3) is 0 Å². The van der Waals surface area contributed by atoms with E-state index in [9.17, 15) is 15.3 Å². The highest BCUT2D eigenvalue weighted by atomic mass is 32.2. The van der Waals surface area contributed by atoms with Gasteiger partial charge in [0.05, 0.1) is 0 Å². The summed E-state index contributed by atoms with van der Waals surface area (Å²) in [7, 11) is 0. The third-order valence-corrected chi connectivity index (χ3v) is 4.94. The second-order valence-electron chi connectivity index (χ2n) is 5.82. The molecule has 1 saturated carbocycles. The normalized spacial score (nSPS) is 20.1. The number of hydrogen-bond donors (Lipinski definition) is 4. The third kappa shape index (κ3) is 6.67. The van der Waals surface area contributed by atoms with E-state index in [4.69, 9.17) is 5.73 Å². The van der Waals surface area contributed by atoms with Gasteiger partial charge >= 0.3 is 0 Å². The molecule has 126 valence electrons. The van der Waals surface area contributed by atoms with Crippen LogP contribution in [0.1, 0.15) is 39.0 Å². The monoisotopic (exact) mass is 327 g/mol. The third-order valence-electron chi connectivity index (χ3n) is 3.95. The van der Waals surface area contributed by atoms with Crippen LogP contribution < -0.4 is 5.73 Å². The number of aliphatic hydroxyl groups is 3. The van der Waals surface area contributed by atoms with Crippen molar-refractivity contribution in [1.29, 1.82) is 0 Å². The topological polar surface area (TPSA) is 86.7 Å². The molecule has 0 spiro atoms. The van der Waals surface area contributed by atoms with E-state index in [1.165, 1.54) is 32.1 Å². The first-order valence-electron chi connectivity index (χ1n) is 7.95. The van der Waals surface area contributed by atoms with Gasteiger partial charge in [0.15, 0.2) is 0 Å². The summed E-state index contributed by atoms with van der Waals surface area (Å²) in [4.78, 5) is 0. The van der Waals surface area contributed by atoms with E-state index in [-0.39, 0.29) is 0 Å². The summed E-state index contributed by atoms with van der Waals surface area (Å²) in [5.74, 6) is -0.467. The molecule has 22 heavy (non-hydrogen) atoms. The molecule has 0 heterocycles. The molecular formula is C17H29NO3S. The highest BCUT2D eigenvalue weighted by Crippen LogP contribution is 2.27. The lowest BCUT2D eigenvalue weighted by Crippen LogP contribution is -2.49. The van der Waals surface area contributed by atoms with Crippen molar-refractivity contribution in [3.63, 3.8) is 0 Å². The first kappa shape index (κ1) is 19.5. The molecule has 5 N–H and O–H groups in total. The maximum atomic E-state index is 10.1. The van der Waals surface area contributed by atoms with Crippen LogP contribution in [-0.2, 0) is 0 Å². The highest BCUT2D eigenvalue weighted by Gasteiger charge is 2.33. The Balaban J connectivity index is 2.58. The van der Waals surface area contributed by atoms with Crippen LogP contribution in [-0.4, -0.2) is 39.5 Å². The van der Waals surface area contributed by atoms with Gasteiger partial charge in [-0.1, -0.05) is 37.5 Å². The Kier molecular flexibility index (Phi) is 9.05. The molecule has 1 atom stereocenters. The van der Waals surface area contributed by atoms with Crippen molar-refractivity contribution in [1.82, 2.24) is 0 Å². The highest BCUT2D eigenvalue weighted by molar-refractivity contribution is 8.02. The molecule has 0 aromatic carbocycles. The van der Waals surface area contributed by atoms with Gasteiger partial charge in [0.2, 0.25) is 5.79 Å². The lowest BCUT2D eigenvalue weighted by molar-refractivity contribution is -0.204. The van der Waals surface area contributed by atoms with Crippen molar-refractivity contribution in [2.75, 3.05) is 12.3 Å². The summed E-state index contributed by atoms with van der Waals surface area (Å²) in [5.41, 5.74) is 5.73. The summed E-state index contributed by atoms with van der Waals surface area (Å²) in [6.45, 7) is 1.43. The quantitative estimate of drug-likeness (QED) is 0.406. The van der Waals surface area contributed by atoms with Gasteiger partial charge in [0, 0.05) is 12.3 Å². The Labute approximate surface area is 137 Å². The molecular weight excluding hydrogens is 298 g/mol. The fourth-order valence-corrected chi connectivity index (χ4v) is 3.47. The van der Waals surface area contributed by atoms with Crippen LogP contribution in [0.3, 0.4) is 0 Å². The molecule has 0 aromatic heterocycles. The molecule has 1 aliphatic rings. The number of allylic oxidation sites excluding steroid dienone is 3. The van der Waals surface area contributed by atoms with Crippen molar-refractivity contribution in [3.8, 4) is 0 Å². The van der Waals surface area contributed by atoms with E-state index in [2.05, 4.69) is 0 Å². The van der Waals surface area contributed by atoms with E-state index >= 15 is 0 Å². The zero-order valence-corrected chi connectivity index (χ0v) is 14.1. The minimum Gasteiger partial charge on any atom is -0.383 e. The standard InChI is InChI=1S/C17H29NO3S/c1-2-3-9-15(16(19)17(20,21)13-18)10-11-22-12-14-7-5-4-6-8-14/h2-3,9-11,14,16,19-21H,4-8,12-13,18H2,1H3/b3-2-,11-10+,15-9+. The van der Waals surface area contributed by atoms with Crippen LogP contribution in [0.5, 0.6) is 0 Å². The molecule has 0 radical (unpaired) electrons. The molecule has 0 aliphatic heterocycles. The Bertz CT molecular complexity index is 399. The van der Waals surface area contributed by atoms with Crippen LogP contribution in [0.15, 0.2) is 35.3 Å². The molecule has 5 heteroatoms. The van der Waals surface area contributed by atoms with Gasteiger partial charge in [-0.25, -0.2) is 0 Å². The summed E-state index contributed by atoms with van der Waals surface area (Å²) < 4.78 is 0. The average molecular weight is 327 g/mol. The van der Waals surface area contributed by atoms with E-state index in [0.29, 0.717) is 5.57 Å². The van der Waals surface area contributed by atoms with Crippen molar-refractivity contribution in [3.05, 3.63) is 35.3 Å². The Morgan fingerprint density at radius 1 is 1.32 bits per heavy atom. The van der Waals surface area contributed by atoms with Crippen LogP contribution in [0.4, 0.5) is 0 Å². The van der Waals surface area contributed by atoms with Crippen LogP contribution in [0.2, 0.25) is 0 Å². The summed E-state index contributed by atoms with van der Waals surface area (Å²) in [6.07, 6.45) is 12.1. The van der Waals surface area contributed by atoms with Crippen LogP contribution >= 0.6 is 11.8 Å². The Morgan fingerprint density at radius 3 is 2.59 bits per heavy atom. The van der Waals surface area contributed by atoms with Gasteiger partial charge in [-0.15, -0.1) is 11.8 Å². The van der Waals surface area contributed by atoms with Gasteiger partial charge in [-0.2, -0.15) is 0 Å². The average Bonchev–Trinajstić information content (AvgIpc) is 2.54. The summed E-state index contributed by atoms with van der Waals surface area (Å²) in [6, 6.07) is 0. The van der Waals surface area contributed by atoms with Gasteiger partial charge in [0.1, 0.15) is 6.10 Å². The molecule has 1 unspecified atom stereocenters. The van der Waals surface area contributed by atoms with Crippen molar-refractivity contribution < 1.29 is 15.3 Å². The number of thioether (sulfide) groups is 1. The summed E-state index contributed by atoms with van der Waals surface area (Å²) >= 11 is 1.71. The van der Waals surface area contributed by atoms with Crippen LogP contribution in [0, 0.1) is 5.92 Å². The van der Waals surface area contributed by atoms with Crippen molar-refractivity contribution >= 4 is 11.8 Å². The zero-order chi connectivity index (χ0) is 16.4. The maximum absolute atomic E-state index is 10.1. The zero-order valence-electron chi connectivity index (χ0n) is 13.3.